The summed E-state index contributed by atoms with van der Waals surface area (Å²) in [5.74, 6) is -1.09. The highest BCUT2D eigenvalue weighted by Gasteiger charge is 2.19. The molecule has 20 heavy (non-hydrogen) atoms. The van der Waals surface area contributed by atoms with Crippen molar-refractivity contribution in [3.05, 3.63) is 53.6 Å². The van der Waals surface area contributed by atoms with Gasteiger partial charge in [0.05, 0.1) is 0 Å². The van der Waals surface area contributed by atoms with E-state index >= 15 is 0 Å². The molecule has 5 nitrogen and oxygen atoms in total. The molecule has 0 bridgehead atoms. The molecular weight excluding hydrogens is 254 g/mol. The van der Waals surface area contributed by atoms with Gasteiger partial charge in [0.15, 0.2) is 5.65 Å². The molecule has 0 aliphatic heterocycles. The third-order valence-corrected chi connectivity index (χ3v) is 3.23. The Bertz CT molecular complexity index is 821. The van der Waals surface area contributed by atoms with Crippen molar-refractivity contribution in [3.8, 4) is 11.3 Å². The van der Waals surface area contributed by atoms with Crippen molar-refractivity contribution >= 4 is 11.6 Å². The minimum absolute atomic E-state index is 0.0249. The number of aromatic carboxylic acids is 1. The molecule has 100 valence electrons. The predicted molar refractivity (Wildman–Crippen MR) is 74.9 cm³/mol. The van der Waals surface area contributed by atoms with E-state index in [1.165, 1.54) is 4.40 Å². The Labute approximate surface area is 115 Å². The van der Waals surface area contributed by atoms with E-state index in [0.717, 1.165) is 16.7 Å². The van der Waals surface area contributed by atoms with Crippen molar-refractivity contribution in [3.63, 3.8) is 0 Å². The summed E-state index contributed by atoms with van der Waals surface area (Å²) in [6, 6.07) is 7.67. The highest BCUT2D eigenvalue weighted by molar-refractivity contribution is 5.89. The standard InChI is InChI=1S/C15H13N3O2/c1-9-4-5-11(10(2)8-9)12-13-16-6-3-7-18(13)14(17-12)15(19)20/h3-8H,1-2H3,(H,19,20). The molecule has 2 heterocycles. The van der Waals surface area contributed by atoms with Crippen LogP contribution in [0.5, 0.6) is 0 Å². The summed E-state index contributed by atoms with van der Waals surface area (Å²) in [6.45, 7) is 4.00. The monoisotopic (exact) mass is 267 g/mol. The van der Waals surface area contributed by atoms with E-state index in [9.17, 15) is 9.90 Å². The van der Waals surface area contributed by atoms with Crippen molar-refractivity contribution in [2.45, 2.75) is 13.8 Å². The predicted octanol–water partition coefficient (Wildman–Crippen LogP) is 2.71. The molecule has 0 atom stereocenters. The van der Waals surface area contributed by atoms with Crippen LogP contribution in [-0.2, 0) is 0 Å². The smallest absolute Gasteiger partial charge is 0.372 e. The summed E-state index contributed by atoms with van der Waals surface area (Å²) in [6.07, 6.45) is 3.29. The lowest BCUT2D eigenvalue weighted by molar-refractivity contribution is 0.0683. The first kappa shape index (κ1) is 12.3. The van der Waals surface area contributed by atoms with Gasteiger partial charge in [0.1, 0.15) is 5.69 Å². The average Bonchev–Trinajstić information content (AvgIpc) is 2.78. The third-order valence-electron chi connectivity index (χ3n) is 3.23. The van der Waals surface area contributed by atoms with E-state index in [1.807, 2.05) is 32.0 Å². The molecule has 5 heteroatoms. The maximum Gasteiger partial charge on any atom is 0.372 e. The molecular formula is C15H13N3O2. The van der Waals surface area contributed by atoms with Gasteiger partial charge in [0.25, 0.3) is 0 Å². The fourth-order valence-corrected chi connectivity index (χ4v) is 2.34. The van der Waals surface area contributed by atoms with E-state index < -0.39 is 5.97 Å². The maximum absolute atomic E-state index is 11.3. The number of imidazole rings is 1. The lowest BCUT2D eigenvalue weighted by Crippen LogP contribution is -2.03. The van der Waals surface area contributed by atoms with Crippen LogP contribution in [0.4, 0.5) is 0 Å². The normalized spacial score (nSPS) is 10.9. The van der Waals surface area contributed by atoms with E-state index in [2.05, 4.69) is 9.97 Å². The quantitative estimate of drug-likeness (QED) is 0.775. The summed E-state index contributed by atoms with van der Waals surface area (Å²) < 4.78 is 1.50. The van der Waals surface area contributed by atoms with Crippen LogP contribution >= 0.6 is 0 Å². The lowest BCUT2D eigenvalue weighted by atomic mass is 10.0. The Morgan fingerprint density at radius 1 is 1.30 bits per heavy atom. The van der Waals surface area contributed by atoms with Gasteiger partial charge in [-0.15, -0.1) is 0 Å². The number of nitrogens with zero attached hydrogens (tertiary/aromatic N) is 3. The average molecular weight is 267 g/mol. The highest BCUT2D eigenvalue weighted by Crippen LogP contribution is 2.27. The first-order chi connectivity index (χ1) is 9.58. The summed E-state index contributed by atoms with van der Waals surface area (Å²) in [5.41, 5.74) is 4.26. The van der Waals surface area contributed by atoms with Gasteiger partial charge >= 0.3 is 5.97 Å². The van der Waals surface area contributed by atoms with Crippen LogP contribution in [0.15, 0.2) is 36.7 Å². The van der Waals surface area contributed by atoms with Gasteiger partial charge in [-0.1, -0.05) is 23.8 Å². The topological polar surface area (TPSA) is 67.5 Å². The Morgan fingerprint density at radius 3 is 2.80 bits per heavy atom. The van der Waals surface area contributed by atoms with Gasteiger partial charge in [-0.3, -0.25) is 4.40 Å². The largest absolute Gasteiger partial charge is 0.475 e. The van der Waals surface area contributed by atoms with Gasteiger partial charge in [-0.25, -0.2) is 14.8 Å². The fraction of sp³-hybridized carbons (Fsp3) is 0.133. The number of benzene rings is 1. The molecule has 0 amide bonds. The molecule has 1 N–H and O–H groups in total. The second kappa shape index (κ2) is 4.45. The number of carbonyl (C=O) groups is 1. The summed E-state index contributed by atoms with van der Waals surface area (Å²) in [7, 11) is 0. The van der Waals surface area contributed by atoms with Crippen molar-refractivity contribution in [2.75, 3.05) is 0 Å². The van der Waals surface area contributed by atoms with Crippen LogP contribution in [0.1, 0.15) is 21.7 Å². The van der Waals surface area contributed by atoms with Crippen LogP contribution in [0.3, 0.4) is 0 Å². The highest BCUT2D eigenvalue weighted by atomic mass is 16.4. The third kappa shape index (κ3) is 1.84. The second-order valence-corrected chi connectivity index (χ2v) is 4.72. The Kier molecular flexibility index (Phi) is 2.75. The Hall–Kier alpha value is -2.69. The minimum Gasteiger partial charge on any atom is -0.475 e. The number of carboxylic acids is 1. The summed E-state index contributed by atoms with van der Waals surface area (Å²) >= 11 is 0. The van der Waals surface area contributed by atoms with Crippen molar-refractivity contribution in [1.82, 2.24) is 14.4 Å². The van der Waals surface area contributed by atoms with Crippen LogP contribution in [-0.4, -0.2) is 25.4 Å². The fourth-order valence-electron chi connectivity index (χ4n) is 2.34. The summed E-state index contributed by atoms with van der Waals surface area (Å²) in [5, 5.41) is 9.25. The van der Waals surface area contributed by atoms with E-state index in [-0.39, 0.29) is 5.82 Å². The number of aryl methyl sites for hydroxylation is 2. The zero-order valence-corrected chi connectivity index (χ0v) is 11.2. The zero-order chi connectivity index (χ0) is 14.3. The SMILES string of the molecule is Cc1ccc(-c2nc(C(=O)O)n3cccnc23)c(C)c1. The number of fused-ring (bicyclic) bond motifs is 1. The van der Waals surface area contributed by atoms with E-state index in [4.69, 9.17) is 0 Å². The van der Waals surface area contributed by atoms with Crippen LogP contribution in [0, 0.1) is 13.8 Å². The molecule has 0 fully saturated rings. The molecule has 0 unspecified atom stereocenters. The number of hydrogen-bond acceptors (Lipinski definition) is 3. The van der Waals surface area contributed by atoms with Crippen LogP contribution in [0.25, 0.3) is 16.9 Å². The maximum atomic E-state index is 11.3. The van der Waals surface area contributed by atoms with Crippen LogP contribution in [0.2, 0.25) is 0 Å². The van der Waals surface area contributed by atoms with Crippen molar-refractivity contribution in [1.29, 1.82) is 0 Å². The molecule has 0 aliphatic carbocycles. The summed E-state index contributed by atoms with van der Waals surface area (Å²) in [4.78, 5) is 19.8. The number of rotatable bonds is 2. The minimum atomic E-state index is -1.07. The zero-order valence-electron chi connectivity index (χ0n) is 11.2. The first-order valence-corrected chi connectivity index (χ1v) is 6.22. The van der Waals surface area contributed by atoms with Crippen molar-refractivity contribution < 1.29 is 9.90 Å². The van der Waals surface area contributed by atoms with Gasteiger partial charge in [-0.05, 0) is 25.5 Å². The van der Waals surface area contributed by atoms with Gasteiger partial charge < -0.3 is 5.11 Å². The van der Waals surface area contributed by atoms with E-state index in [1.54, 1.807) is 18.5 Å². The molecule has 0 aliphatic rings. The second-order valence-electron chi connectivity index (χ2n) is 4.72. The van der Waals surface area contributed by atoms with Crippen molar-refractivity contribution in [2.24, 2.45) is 0 Å². The molecule has 0 saturated heterocycles. The van der Waals surface area contributed by atoms with Crippen LogP contribution < -0.4 is 0 Å². The van der Waals surface area contributed by atoms with Gasteiger partial charge in [-0.2, -0.15) is 0 Å². The molecule has 1 aromatic carbocycles. The molecule has 3 aromatic rings. The lowest BCUT2D eigenvalue weighted by Gasteiger charge is -2.04. The number of hydrogen-bond donors (Lipinski definition) is 1. The molecule has 0 saturated carbocycles. The van der Waals surface area contributed by atoms with Gasteiger partial charge in [0.2, 0.25) is 5.82 Å². The molecule has 2 aromatic heterocycles. The molecule has 3 rings (SSSR count). The first-order valence-electron chi connectivity index (χ1n) is 6.22. The molecule has 0 spiro atoms. The molecule has 0 radical (unpaired) electrons. The number of carboxylic acid groups (broad SMARTS) is 1. The Morgan fingerprint density at radius 2 is 2.10 bits per heavy atom. The van der Waals surface area contributed by atoms with Gasteiger partial charge in [0, 0.05) is 18.0 Å². The number of aromatic nitrogens is 3. The Balaban J connectivity index is 2.34. The van der Waals surface area contributed by atoms with E-state index in [0.29, 0.717) is 11.3 Å².